The highest BCUT2D eigenvalue weighted by Gasteiger charge is 2.16. The maximum Gasteiger partial charge on any atom is 0.0452 e. The predicted molar refractivity (Wildman–Crippen MR) is 73.8 cm³/mol. The van der Waals surface area contributed by atoms with Crippen molar-refractivity contribution < 1.29 is 0 Å². The Bertz CT molecular complexity index is 376. The largest absolute Gasteiger partial charge is 0.313 e. The normalized spacial score (nSPS) is 20.1. The third-order valence-electron chi connectivity index (χ3n) is 3.14. The molecule has 1 saturated heterocycles. The number of rotatable bonds is 4. The summed E-state index contributed by atoms with van der Waals surface area (Å²) in [6, 6.07) is 6.26. The van der Waals surface area contributed by atoms with Crippen molar-refractivity contribution >= 4 is 23.2 Å². The zero-order chi connectivity index (χ0) is 12.3. The second-order valence-corrected chi connectivity index (χ2v) is 5.57. The van der Waals surface area contributed by atoms with Crippen LogP contribution in [0.2, 0.25) is 10.0 Å². The van der Waals surface area contributed by atoms with Gasteiger partial charge in [-0.05, 0) is 50.2 Å². The van der Waals surface area contributed by atoms with Gasteiger partial charge in [0.2, 0.25) is 0 Å². The first kappa shape index (κ1) is 13.2. The van der Waals surface area contributed by atoms with Gasteiger partial charge in [0.05, 0.1) is 0 Å². The van der Waals surface area contributed by atoms with E-state index in [0.29, 0.717) is 6.04 Å². The van der Waals surface area contributed by atoms with E-state index in [9.17, 15) is 0 Å². The van der Waals surface area contributed by atoms with Gasteiger partial charge in [-0.1, -0.05) is 23.2 Å². The van der Waals surface area contributed by atoms with Crippen LogP contribution in [0.5, 0.6) is 0 Å². The number of halogens is 2. The summed E-state index contributed by atoms with van der Waals surface area (Å²) in [4.78, 5) is 2.29. The Hall–Kier alpha value is -0.280. The highest BCUT2D eigenvalue weighted by atomic mass is 35.5. The third-order valence-corrected chi connectivity index (χ3v) is 3.75. The van der Waals surface area contributed by atoms with E-state index < -0.39 is 0 Å². The van der Waals surface area contributed by atoms with Crippen LogP contribution in [-0.2, 0) is 6.54 Å². The highest BCUT2D eigenvalue weighted by Crippen LogP contribution is 2.22. The van der Waals surface area contributed by atoms with E-state index >= 15 is 0 Å². The molecule has 1 unspecified atom stereocenters. The molecular weight excluding hydrogens is 255 g/mol. The minimum atomic E-state index is 0.623. The van der Waals surface area contributed by atoms with Crippen LogP contribution >= 0.6 is 23.2 Å². The minimum absolute atomic E-state index is 0.623. The zero-order valence-corrected chi connectivity index (χ0v) is 11.6. The van der Waals surface area contributed by atoms with Crippen molar-refractivity contribution in [2.75, 3.05) is 20.1 Å². The standard InChI is InChI=1S/C13H18Cl2N2/c1-17(9-12-3-2-6-16-12)8-10-7-11(14)4-5-13(10)15/h4-5,7,12,16H,2-3,6,8-9H2,1H3. The van der Waals surface area contributed by atoms with Crippen LogP contribution in [0.25, 0.3) is 0 Å². The molecular formula is C13H18Cl2N2. The molecule has 0 bridgehead atoms. The van der Waals surface area contributed by atoms with E-state index in [2.05, 4.69) is 17.3 Å². The third kappa shape index (κ3) is 3.85. The lowest BCUT2D eigenvalue weighted by Gasteiger charge is -2.21. The van der Waals surface area contributed by atoms with Crippen LogP contribution in [0, 0.1) is 0 Å². The SMILES string of the molecule is CN(Cc1cc(Cl)ccc1Cl)CC1CCCN1. The lowest BCUT2D eigenvalue weighted by molar-refractivity contribution is 0.293. The molecule has 1 N–H and O–H groups in total. The molecule has 0 aromatic heterocycles. The molecule has 2 rings (SSSR count). The van der Waals surface area contributed by atoms with Crippen LogP contribution in [0.15, 0.2) is 18.2 Å². The summed E-state index contributed by atoms with van der Waals surface area (Å²) in [6.07, 6.45) is 2.56. The molecule has 0 saturated carbocycles. The smallest absolute Gasteiger partial charge is 0.0452 e. The molecule has 1 aliphatic heterocycles. The van der Waals surface area contributed by atoms with Gasteiger partial charge < -0.3 is 10.2 Å². The van der Waals surface area contributed by atoms with Crippen LogP contribution in [0.4, 0.5) is 0 Å². The Kier molecular flexibility index (Phi) is 4.69. The minimum Gasteiger partial charge on any atom is -0.313 e. The Morgan fingerprint density at radius 3 is 2.94 bits per heavy atom. The van der Waals surface area contributed by atoms with Gasteiger partial charge in [0.25, 0.3) is 0 Å². The molecule has 0 radical (unpaired) electrons. The maximum absolute atomic E-state index is 6.16. The first-order chi connectivity index (χ1) is 8.15. The number of hydrogen-bond donors (Lipinski definition) is 1. The topological polar surface area (TPSA) is 15.3 Å². The number of nitrogens with one attached hydrogen (secondary N) is 1. The van der Waals surface area contributed by atoms with Crippen molar-refractivity contribution in [2.24, 2.45) is 0 Å². The quantitative estimate of drug-likeness (QED) is 0.906. The Morgan fingerprint density at radius 2 is 2.24 bits per heavy atom. The fourth-order valence-corrected chi connectivity index (χ4v) is 2.68. The van der Waals surface area contributed by atoms with E-state index in [0.717, 1.165) is 35.2 Å². The molecule has 17 heavy (non-hydrogen) atoms. The van der Waals surface area contributed by atoms with Gasteiger partial charge in [0, 0.05) is 29.2 Å². The van der Waals surface area contributed by atoms with E-state index in [-0.39, 0.29) is 0 Å². The lowest BCUT2D eigenvalue weighted by Crippen LogP contribution is -2.34. The molecule has 1 fully saturated rings. The van der Waals surface area contributed by atoms with Crippen LogP contribution < -0.4 is 5.32 Å². The molecule has 0 amide bonds. The summed E-state index contributed by atoms with van der Waals surface area (Å²) in [5.74, 6) is 0. The van der Waals surface area contributed by atoms with Crippen molar-refractivity contribution in [1.82, 2.24) is 10.2 Å². The predicted octanol–water partition coefficient (Wildman–Crippen LogP) is 3.18. The summed E-state index contributed by atoms with van der Waals surface area (Å²) in [5.41, 5.74) is 1.10. The number of nitrogens with zero attached hydrogens (tertiary/aromatic N) is 1. The van der Waals surface area contributed by atoms with E-state index in [1.807, 2.05) is 18.2 Å². The van der Waals surface area contributed by atoms with Crippen molar-refractivity contribution in [2.45, 2.75) is 25.4 Å². The van der Waals surface area contributed by atoms with Gasteiger partial charge in [-0.15, -0.1) is 0 Å². The molecule has 4 heteroatoms. The summed E-state index contributed by atoms with van der Waals surface area (Å²) in [6.45, 7) is 3.05. The second-order valence-electron chi connectivity index (χ2n) is 4.73. The molecule has 94 valence electrons. The van der Waals surface area contributed by atoms with Gasteiger partial charge in [0.15, 0.2) is 0 Å². The van der Waals surface area contributed by atoms with Gasteiger partial charge in [0.1, 0.15) is 0 Å². The molecule has 1 atom stereocenters. The number of benzene rings is 1. The molecule has 1 aromatic rings. The summed E-state index contributed by atoms with van der Waals surface area (Å²) >= 11 is 12.1. The molecule has 0 spiro atoms. The van der Waals surface area contributed by atoms with Crippen LogP contribution in [-0.4, -0.2) is 31.1 Å². The fourth-order valence-electron chi connectivity index (χ4n) is 2.31. The molecule has 1 aliphatic rings. The van der Waals surface area contributed by atoms with Gasteiger partial charge in [-0.25, -0.2) is 0 Å². The van der Waals surface area contributed by atoms with Crippen molar-refractivity contribution in [3.05, 3.63) is 33.8 Å². The van der Waals surface area contributed by atoms with Gasteiger partial charge in [-0.2, -0.15) is 0 Å². The van der Waals surface area contributed by atoms with Crippen molar-refractivity contribution in [3.8, 4) is 0 Å². The first-order valence-electron chi connectivity index (χ1n) is 6.01. The van der Waals surface area contributed by atoms with Crippen molar-refractivity contribution in [3.63, 3.8) is 0 Å². The second kappa shape index (κ2) is 6.05. The van der Waals surface area contributed by atoms with Crippen LogP contribution in [0.1, 0.15) is 18.4 Å². The Labute approximate surface area is 113 Å². The lowest BCUT2D eigenvalue weighted by atomic mass is 10.2. The summed E-state index contributed by atoms with van der Waals surface area (Å²) in [7, 11) is 2.12. The summed E-state index contributed by atoms with van der Waals surface area (Å²) in [5, 5.41) is 5.04. The van der Waals surface area contributed by atoms with Crippen molar-refractivity contribution in [1.29, 1.82) is 0 Å². The molecule has 0 aliphatic carbocycles. The Morgan fingerprint density at radius 1 is 1.41 bits per heavy atom. The van der Waals surface area contributed by atoms with E-state index in [4.69, 9.17) is 23.2 Å². The summed E-state index contributed by atoms with van der Waals surface area (Å²) < 4.78 is 0. The van der Waals surface area contributed by atoms with Gasteiger partial charge >= 0.3 is 0 Å². The van der Waals surface area contributed by atoms with Gasteiger partial charge in [-0.3, -0.25) is 0 Å². The average Bonchev–Trinajstić information content (AvgIpc) is 2.76. The molecule has 2 nitrogen and oxygen atoms in total. The fraction of sp³-hybridized carbons (Fsp3) is 0.538. The number of likely N-dealkylation sites (N-methyl/N-ethyl adjacent to an activating group) is 1. The molecule has 1 aromatic carbocycles. The highest BCUT2D eigenvalue weighted by molar-refractivity contribution is 6.33. The average molecular weight is 273 g/mol. The zero-order valence-electron chi connectivity index (χ0n) is 10.0. The first-order valence-corrected chi connectivity index (χ1v) is 6.76. The van der Waals surface area contributed by atoms with Crippen LogP contribution in [0.3, 0.4) is 0 Å². The number of hydrogen-bond acceptors (Lipinski definition) is 2. The van der Waals surface area contributed by atoms with E-state index in [1.165, 1.54) is 12.8 Å². The van der Waals surface area contributed by atoms with E-state index in [1.54, 1.807) is 0 Å². The Balaban J connectivity index is 1.92. The molecule has 1 heterocycles. The monoisotopic (exact) mass is 272 g/mol. The maximum atomic E-state index is 6.16.